The molecule has 4 nitrogen and oxygen atoms in total. The van der Waals surface area contributed by atoms with Gasteiger partial charge in [-0.05, 0) is 56.6 Å². The van der Waals surface area contributed by atoms with Gasteiger partial charge in [0.15, 0.2) is 0 Å². The van der Waals surface area contributed by atoms with E-state index < -0.39 is 0 Å². The lowest BCUT2D eigenvalue weighted by Gasteiger charge is -2.34. The SMILES string of the molecule is Cc1cc(N2CCC[N+](C)(CCCN3CCCC3)CC2)ccc1N.[Cl-]. The molecule has 1 aromatic rings. The van der Waals surface area contributed by atoms with Crippen LogP contribution in [0.4, 0.5) is 11.4 Å². The standard InChI is InChI=1S/C20H35N4.ClH/c1-18-17-19(7-8-20(18)21)23-12-6-15-24(2,16-13-23)14-5-11-22-9-3-4-10-22;/h7-8,17H,3-6,9-16,21H2,1-2H3;1H/q+1;/p-1. The number of anilines is 2. The summed E-state index contributed by atoms with van der Waals surface area (Å²) in [6, 6.07) is 6.49. The lowest BCUT2D eigenvalue weighted by atomic mass is 10.1. The van der Waals surface area contributed by atoms with Gasteiger partial charge in [-0.15, -0.1) is 0 Å². The molecule has 2 fully saturated rings. The Morgan fingerprint density at radius 3 is 2.52 bits per heavy atom. The molecule has 142 valence electrons. The summed E-state index contributed by atoms with van der Waals surface area (Å²) >= 11 is 0. The second kappa shape index (κ2) is 9.11. The van der Waals surface area contributed by atoms with Gasteiger partial charge in [-0.3, -0.25) is 0 Å². The van der Waals surface area contributed by atoms with E-state index in [1.807, 2.05) is 0 Å². The van der Waals surface area contributed by atoms with E-state index in [0.717, 1.165) is 12.2 Å². The highest BCUT2D eigenvalue weighted by atomic mass is 35.5. The number of halogens is 1. The van der Waals surface area contributed by atoms with Gasteiger partial charge in [0.1, 0.15) is 0 Å². The van der Waals surface area contributed by atoms with E-state index in [9.17, 15) is 0 Å². The third kappa shape index (κ3) is 5.50. The predicted molar refractivity (Wildman–Crippen MR) is 103 cm³/mol. The molecule has 1 unspecified atom stereocenters. The van der Waals surface area contributed by atoms with Crippen LogP contribution in [-0.4, -0.2) is 68.8 Å². The second-order valence-corrected chi connectivity index (χ2v) is 8.07. The van der Waals surface area contributed by atoms with Crippen molar-refractivity contribution in [1.82, 2.24) is 4.90 Å². The first-order valence-electron chi connectivity index (χ1n) is 9.73. The van der Waals surface area contributed by atoms with Crippen molar-refractivity contribution < 1.29 is 16.9 Å². The average molecular weight is 367 g/mol. The molecule has 0 bridgehead atoms. The summed E-state index contributed by atoms with van der Waals surface area (Å²) in [5, 5.41) is 0. The van der Waals surface area contributed by atoms with Crippen LogP contribution in [0.3, 0.4) is 0 Å². The molecule has 0 aliphatic carbocycles. The monoisotopic (exact) mass is 366 g/mol. The number of nitrogens with two attached hydrogens (primary N) is 1. The van der Waals surface area contributed by atoms with E-state index in [0.29, 0.717) is 0 Å². The summed E-state index contributed by atoms with van der Waals surface area (Å²) in [6.45, 7) is 12.3. The molecule has 0 radical (unpaired) electrons. The zero-order chi connectivity index (χ0) is 17.0. The molecule has 25 heavy (non-hydrogen) atoms. The molecule has 2 saturated heterocycles. The Bertz CT molecular complexity index is 544. The molecule has 3 rings (SSSR count). The van der Waals surface area contributed by atoms with Crippen molar-refractivity contribution in [3.63, 3.8) is 0 Å². The molecule has 2 N–H and O–H groups in total. The number of hydrogen-bond donors (Lipinski definition) is 1. The molecule has 0 aromatic heterocycles. The Hall–Kier alpha value is -0.970. The largest absolute Gasteiger partial charge is 1.00 e. The number of likely N-dealkylation sites (tertiary alicyclic amines) is 1. The number of aryl methyl sites for hydroxylation is 1. The van der Waals surface area contributed by atoms with Gasteiger partial charge in [-0.2, -0.15) is 0 Å². The smallest absolute Gasteiger partial charge is 0.0962 e. The summed E-state index contributed by atoms with van der Waals surface area (Å²) in [4.78, 5) is 5.20. The zero-order valence-electron chi connectivity index (χ0n) is 16.0. The number of nitrogens with zero attached hydrogens (tertiary/aromatic N) is 3. The minimum atomic E-state index is 0. The van der Waals surface area contributed by atoms with Gasteiger partial charge in [0.05, 0.1) is 33.2 Å². The number of benzene rings is 1. The third-order valence-corrected chi connectivity index (χ3v) is 6.03. The van der Waals surface area contributed by atoms with Crippen LogP contribution in [0.2, 0.25) is 0 Å². The summed E-state index contributed by atoms with van der Waals surface area (Å²) in [5.41, 5.74) is 9.41. The highest BCUT2D eigenvalue weighted by Gasteiger charge is 2.26. The van der Waals surface area contributed by atoms with E-state index in [-0.39, 0.29) is 12.4 Å². The summed E-state index contributed by atoms with van der Waals surface area (Å²) in [6.07, 6.45) is 5.44. The molecule has 0 amide bonds. The Morgan fingerprint density at radius 1 is 1.04 bits per heavy atom. The molecule has 2 aliphatic rings. The normalized spacial score (nSPS) is 24.8. The first-order valence-corrected chi connectivity index (χ1v) is 9.73. The molecule has 5 heteroatoms. The molecular weight excluding hydrogens is 332 g/mol. The van der Waals surface area contributed by atoms with Gasteiger partial charge in [0, 0.05) is 37.3 Å². The van der Waals surface area contributed by atoms with Crippen LogP contribution in [0.1, 0.15) is 31.2 Å². The summed E-state index contributed by atoms with van der Waals surface area (Å²) < 4.78 is 1.23. The summed E-state index contributed by atoms with van der Waals surface area (Å²) in [7, 11) is 2.46. The van der Waals surface area contributed by atoms with E-state index >= 15 is 0 Å². The fourth-order valence-electron chi connectivity index (χ4n) is 4.25. The number of hydrogen-bond acceptors (Lipinski definition) is 3. The van der Waals surface area contributed by atoms with Crippen molar-refractivity contribution in [3.05, 3.63) is 23.8 Å². The number of rotatable bonds is 5. The molecular formula is C20H35ClN4. The van der Waals surface area contributed by atoms with Gasteiger partial charge < -0.3 is 32.4 Å². The zero-order valence-corrected chi connectivity index (χ0v) is 16.8. The minimum absolute atomic E-state index is 0. The van der Waals surface area contributed by atoms with Crippen LogP contribution in [0.5, 0.6) is 0 Å². The highest BCUT2D eigenvalue weighted by Crippen LogP contribution is 2.23. The van der Waals surface area contributed by atoms with Crippen LogP contribution >= 0.6 is 0 Å². The van der Waals surface area contributed by atoms with E-state index in [2.05, 4.69) is 42.0 Å². The van der Waals surface area contributed by atoms with E-state index in [1.165, 1.54) is 87.2 Å². The lowest BCUT2D eigenvalue weighted by Crippen LogP contribution is -3.00. The van der Waals surface area contributed by atoms with Crippen LogP contribution in [0.25, 0.3) is 0 Å². The molecule has 1 aromatic carbocycles. The Balaban J connectivity index is 0.00000225. The Labute approximate surface area is 160 Å². The third-order valence-electron chi connectivity index (χ3n) is 6.03. The lowest BCUT2D eigenvalue weighted by molar-refractivity contribution is -0.907. The highest BCUT2D eigenvalue weighted by molar-refractivity contribution is 5.58. The number of nitrogen functional groups attached to an aromatic ring is 1. The van der Waals surface area contributed by atoms with Gasteiger partial charge >= 0.3 is 0 Å². The van der Waals surface area contributed by atoms with Gasteiger partial charge in [0.25, 0.3) is 0 Å². The van der Waals surface area contributed by atoms with Crippen LogP contribution in [0.15, 0.2) is 18.2 Å². The van der Waals surface area contributed by atoms with Gasteiger partial charge in [-0.25, -0.2) is 0 Å². The van der Waals surface area contributed by atoms with Crippen molar-refractivity contribution >= 4 is 11.4 Å². The van der Waals surface area contributed by atoms with Crippen molar-refractivity contribution in [2.24, 2.45) is 0 Å². The van der Waals surface area contributed by atoms with Crippen molar-refractivity contribution in [1.29, 1.82) is 0 Å². The van der Waals surface area contributed by atoms with Crippen LogP contribution in [0, 0.1) is 6.92 Å². The van der Waals surface area contributed by atoms with Crippen LogP contribution in [-0.2, 0) is 0 Å². The average Bonchev–Trinajstić information content (AvgIpc) is 2.99. The second-order valence-electron chi connectivity index (χ2n) is 8.07. The van der Waals surface area contributed by atoms with Crippen molar-refractivity contribution in [3.8, 4) is 0 Å². The van der Waals surface area contributed by atoms with Crippen LogP contribution < -0.4 is 23.0 Å². The van der Waals surface area contributed by atoms with Crippen molar-refractivity contribution in [2.75, 3.05) is 70.0 Å². The van der Waals surface area contributed by atoms with E-state index in [1.54, 1.807) is 0 Å². The summed E-state index contributed by atoms with van der Waals surface area (Å²) in [5.74, 6) is 0. The topological polar surface area (TPSA) is 32.5 Å². The van der Waals surface area contributed by atoms with Gasteiger partial charge in [-0.1, -0.05) is 0 Å². The first-order chi connectivity index (χ1) is 11.6. The Kier molecular flexibility index (Phi) is 7.41. The van der Waals surface area contributed by atoms with E-state index in [4.69, 9.17) is 5.73 Å². The molecule has 2 heterocycles. The number of likely N-dealkylation sites (N-methyl/N-ethyl adjacent to an activating group) is 1. The molecule has 2 aliphatic heterocycles. The quantitative estimate of drug-likeness (QED) is 0.575. The maximum atomic E-state index is 5.97. The molecule has 0 spiro atoms. The maximum Gasteiger partial charge on any atom is 0.0962 e. The predicted octanol–water partition coefficient (Wildman–Crippen LogP) is -0.276. The molecule has 0 saturated carbocycles. The fourth-order valence-corrected chi connectivity index (χ4v) is 4.25. The molecule has 1 atom stereocenters. The number of quaternary nitrogens is 1. The minimum Gasteiger partial charge on any atom is -1.00 e. The maximum absolute atomic E-state index is 5.97. The first kappa shape index (κ1) is 20.3. The van der Waals surface area contributed by atoms with Crippen molar-refractivity contribution in [2.45, 2.75) is 32.6 Å². The fraction of sp³-hybridized carbons (Fsp3) is 0.700. The Morgan fingerprint density at radius 2 is 1.80 bits per heavy atom. The van der Waals surface area contributed by atoms with Gasteiger partial charge in [0.2, 0.25) is 0 Å².